The van der Waals surface area contributed by atoms with Crippen molar-refractivity contribution in [3.8, 4) is 23.3 Å². The van der Waals surface area contributed by atoms with Crippen LogP contribution in [-0.2, 0) is 0 Å². The van der Waals surface area contributed by atoms with Crippen molar-refractivity contribution in [3.05, 3.63) is 51.9 Å². The fraction of sp³-hybridized carbons (Fsp3) is 0.176. The monoisotopic (exact) mass is 295 g/mol. The van der Waals surface area contributed by atoms with Crippen molar-refractivity contribution in [2.45, 2.75) is 13.8 Å². The maximum Gasteiger partial charge on any atom is 0.235 e. The van der Waals surface area contributed by atoms with Crippen LogP contribution in [0.1, 0.15) is 11.1 Å². The van der Waals surface area contributed by atoms with E-state index in [1.165, 1.54) is 6.26 Å². The SMILES string of the molecule is Cc1cc2oc(-c3ccco3)c(OCC#N)c(=O)c2cc1C. The van der Waals surface area contributed by atoms with Crippen LogP contribution in [0.2, 0.25) is 0 Å². The van der Waals surface area contributed by atoms with Gasteiger partial charge in [-0.1, -0.05) is 0 Å². The molecule has 0 unspecified atom stereocenters. The number of ether oxygens (including phenoxy) is 1. The summed E-state index contributed by atoms with van der Waals surface area (Å²) in [6.07, 6.45) is 1.48. The standard InChI is InChI=1S/C17H13NO4/c1-10-8-12-14(9-11(10)2)22-16(13-4-3-6-20-13)17(15(12)19)21-7-5-18/h3-4,6,8-9H,7H2,1-2H3. The van der Waals surface area contributed by atoms with Gasteiger partial charge >= 0.3 is 0 Å². The van der Waals surface area contributed by atoms with Gasteiger partial charge in [0.15, 0.2) is 12.4 Å². The van der Waals surface area contributed by atoms with Gasteiger partial charge in [0.2, 0.25) is 16.9 Å². The van der Waals surface area contributed by atoms with Crippen LogP contribution in [0.5, 0.6) is 5.75 Å². The van der Waals surface area contributed by atoms with E-state index in [4.69, 9.17) is 18.8 Å². The summed E-state index contributed by atoms with van der Waals surface area (Å²) in [5, 5.41) is 9.13. The smallest absolute Gasteiger partial charge is 0.235 e. The Labute approximate surface area is 126 Å². The Balaban J connectivity index is 2.35. The third-order valence-corrected chi connectivity index (χ3v) is 3.49. The summed E-state index contributed by atoms with van der Waals surface area (Å²) in [7, 11) is 0. The van der Waals surface area contributed by atoms with Gasteiger partial charge in [-0.3, -0.25) is 4.79 Å². The highest BCUT2D eigenvalue weighted by Crippen LogP contribution is 2.32. The molecule has 3 rings (SSSR count). The van der Waals surface area contributed by atoms with Crippen LogP contribution in [0.15, 0.2) is 44.2 Å². The van der Waals surface area contributed by atoms with E-state index in [1.54, 1.807) is 18.2 Å². The molecule has 0 saturated heterocycles. The molecule has 5 heteroatoms. The van der Waals surface area contributed by atoms with E-state index in [0.29, 0.717) is 16.7 Å². The van der Waals surface area contributed by atoms with E-state index in [0.717, 1.165) is 11.1 Å². The molecule has 3 aromatic rings. The average molecular weight is 295 g/mol. The van der Waals surface area contributed by atoms with Gasteiger partial charge in [-0.25, -0.2) is 0 Å². The maximum absolute atomic E-state index is 12.7. The van der Waals surface area contributed by atoms with Crippen LogP contribution in [-0.4, -0.2) is 6.61 Å². The first-order chi connectivity index (χ1) is 10.6. The van der Waals surface area contributed by atoms with Crippen LogP contribution in [0.25, 0.3) is 22.5 Å². The van der Waals surface area contributed by atoms with Gasteiger partial charge in [0.05, 0.1) is 11.6 Å². The Morgan fingerprint density at radius 1 is 1.27 bits per heavy atom. The predicted octanol–water partition coefficient (Wildman–Crippen LogP) is 3.57. The number of furan rings is 1. The van der Waals surface area contributed by atoms with Gasteiger partial charge in [0.1, 0.15) is 11.7 Å². The van der Waals surface area contributed by atoms with Crippen molar-refractivity contribution in [1.29, 1.82) is 5.26 Å². The van der Waals surface area contributed by atoms with Crippen molar-refractivity contribution < 1.29 is 13.6 Å². The Morgan fingerprint density at radius 2 is 2.05 bits per heavy atom. The predicted molar refractivity (Wildman–Crippen MR) is 80.8 cm³/mol. The van der Waals surface area contributed by atoms with Crippen LogP contribution in [0.3, 0.4) is 0 Å². The first-order valence-electron chi connectivity index (χ1n) is 6.73. The molecule has 22 heavy (non-hydrogen) atoms. The summed E-state index contributed by atoms with van der Waals surface area (Å²) in [6, 6.07) is 8.79. The molecule has 5 nitrogen and oxygen atoms in total. The molecule has 110 valence electrons. The largest absolute Gasteiger partial charge is 0.471 e. The molecule has 0 radical (unpaired) electrons. The normalized spacial score (nSPS) is 10.6. The Bertz CT molecular complexity index is 930. The molecule has 0 bridgehead atoms. The van der Waals surface area contributed by atoms with Gasteiger partial charge in [-0.05, 0) is 49.2 Å². The first-order valence-corrected chi connectivity index (χ1v) is 6.73. The van der Waals surface area contributed by atoms with Crippen molar-refractivity contribution in [2.75, 3.05) is 6.61 Å². The number of nitrogens with zero attached hydrogens (tertiary/aromatic N) is 1. The number of hydrogen-bond donors (Lipinski definition) is 0. The van der Waals surface area contributed by atoms with Gasteiger partial charge in [0.25, 0.3) is 0 Å². The molecule has 2 aromatic heterocycles. The fourth-order valence-electron chi connectivity index (χ4n) is 2.24. The summed E-state index contributed by atoms with van der Waals surface area (Å²) < 4.78 is 16.4. The fourth-order valence-corrected chi connectivity index (χ4v) is 2.24. The summed E-state index contributed by atoms with van der Waals surface area (Å²) in [5.74, 6) is 0.568. The lowest BCUT2D eigenvalue weighted by molar-refractivity contribution is 0.353. The quantitative estimate of drug-likeness (QED) is 0.738. The van der Waals surface area contributed by atoms with Gasteiger partial charge in [-0.15, -0.1) is 0 Å². The second-order valence-electron chi connectivity index (χ2n) is 4.95. The minimum absolute atomic E-state index is 0.00717. The van der Waals surface area contributed by atoms with Crippen molar-refractivity contribution in [1.82, 2.24) is 0 Å². The Morgan fingerprint density at radius 3 is 2.73 bits per heavy atom. The van der Waals surface area contributed by atoms with Crippen molar-refractivity contribution in [3.63, 3.8) is 0 Å². The topological polar surface area (TPSA) is 76.4 Å². The lowest BCUT2D eigenvalue weighted by Gasteiger charge is -2.09. The van der Waals surface area contributed by atoms with E-state index in [1.807, 2.05) is 26.0 Å². The third-order valence-electron chi connectivity index (χ3n) is 3.49. The average Bonchev–Trinajstić information content (AvgIpc) is 3.02. The van der Waals surface area contributed by atoms with Crippen LogP contribution in [0.4, 0.5) is 0 Å². The van der Waals surface area contributed by atoms with Gasteiger partial charge in [-0.2, -0.15) is 5.26 Å². The molecule has 0 aliphatic rings. The molecule has 0 aliphatic carbocycles. The van der Waals surface area contributed by atoms with Crippen LogP contribution >= 0.6 is 0 Å². The highest BCUT2D eigenvalue weighted by atomic mass is 16.5. The minimum Gasteiger partial charge on any atom is -0.471 e. The lowest BCUT2D eigenvalue weighted by Crippen LogP contribution is -2.10. The molecule has 0 fully saturated rings. The number of benzene rings is 1. The van der Waals surface area contributed by atoms with E-state index >= 15 is 0 Å². The molecule has 0 aliphatic heterocycles. The molecule has 0 amide bonds. The maximum atomic E-state index is 12.7. The number of fused-ring (bicyclic) bond motifs is 1. The second kappa shape index (κ2) is 5.41. The molecule has 0 saturated carbocycles. The Hall–Kier alpha value is -3.00. The number of rotatable bonds is 3. The summed E-state index contributed by atoms with van der Waals surface area (Å²) >= 11 is 0. The van der Waals surface area contributed by atoms with Crippen LogP contribution < -0.4 is 10.2 Å². The van der Waals surface area contributed by atoms with Crippen molar-refractivity contribution >= 4 is 11.0 Å². The molecule has 0 atom stereocenters. The molecular weight excluding hydrogens is 282 g/mol. The van der Waals surface area contributed by atoms with E-state index < -0.39 is 0 Å². The third kappa shape index (κ3) is 2.25. The number of nitriles is 1. The summed E-state index contributed by atoms with van der Waals surface area (Å²) in [4.78, 5) is 12.7. The Kier molecular flexibility index (Phi) is 3.43. The van der Waals surface area contributed by atoms with Crippen LogP contribution in [0, 0.1) is 25.2 Å². The molecular formula is C17H13NO4. The number of hydrogen-bond acceptors (Lipinski definition) is 5. The number of aryl methyl sites for hydroxylation is 2. The summed E-state index contributed by atoms with van der Waals surface area (Å²) in [5.41, 5.74) is 2.15. The highest BCUT2D eigenvalue weighted by molar-refractivity contribution is 5.82. The molecule has 1 aromatic carbocycles. The molecule has 0 N–H and O–H groups in total. The van der Waals surface area contributed by atoms with E-state index in [9.17, 15) is 4.79 Å². The van der Waals surface area contributed by atoms with E-state index in [-0.39, 0.29) is 23.5 Å². The zero-order valence-corrected chi connectivity index (χ0v) is 12.2. The van der Waals surface area contributed by atoms with Gasteiger partial charge < -0.3 is 13.6 Å². The zero-order valence-electron chi connectivity index (χ0n) is 12.2. The first kappa shape index (κ1) is 14.0. The summed E-state index contributed by atoms with van der Waals surface area (Å²) in [6.45, 7) is 3.63. The molecule has 0 spiro atoms. The highest BCUT2D eigenvalue weighted by Gasteiger charge is 2.20. The molecule has 2 heterocycles. The van der Waals surface area contributed by atoms with Gasteiger partial charge in [0, 0.05) is 0 Å². The zero-order chi connectivity index (χ0) is 15.7. The minimum atomic E-state index is -0.314. The second-order valence-corrected chi connectivity index (χ2v) is 4.95. The van der Waals surface area contributed by atoms with Crippen molar-refractivity contribution in [2.24, 2.45) is 0 Å². The lowest BCUT2D eigenvalue weighted by atomic mass is 10.1. The van der Waals surface area contributed by atoms with E-state index in [2.05, 4.69) is 0 Å².